The lowest BCUT2D eigenvalue weighted by atomic mass is 10.2. The highest BCUT2D eigenvalue weighted by Gasteiger charge is 2.27. The fraction of sp³-hybridized carbons (Fsp3) is 0.571. The zero-order chi connectivity index (χ0) is 13.6. The highest BCUT2D eigenvalue weighted by atomic mass is 35.5. The van der Waals surface area contributed by atoms with Crippen LogP contribution in [0.15, 0.2) is 18.2 Å². The Bertz CT molecular complexity index is 380. The molecule has 1 rings (SSSR count). The van der Waals surface area contributed by atoms with Crippen molar-refractivity contribution < 1.29 is 8.85 Å². The van der Waals surface area contributed by atoms with Crippen molar-refractivity contribution >= 4 is 20.2 Å². The molecule has 0 aromatic heterocycles. The summed E-state index contributed by atoms with van der Waals surface area (Å²) in [7, 11) is -2.13. The first-order chi connectivity index (χ1) is 8.44. The van der Waals surface area contributed by atoms with Crippen molar-refractivity contribution in [2.45, 2.75) is 46.2 Å². The minimum Gasteiger partial charge on any atom is -0.519 e. The molecule has 0 fully saturated rings. The van der Waals surface area contributed by atoms with Crippen LogP contribution in [0.1, 0.15) is 31.7 Å². The Labute approximate surface area is 117 Å². The van der Waals surface area contributed by atoms with Gasteiger partial charge in [0.2, 0.25) is 0 Å². The van der Waals surface area contributed by atoms with E-state index in [4.69, 9.17) is 20.5 Å². The van der Waals surface area contributed by atoms with Crippen molar-refractivity contribution in [3.05, 3.63) is 28.8 Å². The van der Waals surface area contributed by atoms with E-state index < -0.39 is 8.56 Å². The number of benzene rings is 1. The maximum Gasteiger partial charge on any atom is 0.392 e. The second-order valence-electron chi connectivity index (χ2n) is 4.99. The van der Waals surface area contributed by atoms with E-state index in [1.165, 1.54) is 12.8 Å². The van der Waals surface area contributed by atoms with Crippen LogP contribution in [0.2, 0.25) is 18.1 Å². The lowest BCUT2D eigenvalue weighted by Crippen LogP contribution is -2.38. The second kappa shape index (κ2) is 7.17. The fourth-order valence-corrected chi connectivity index (χ4v) is 3.27. The largest absolute Gasteiger partial charge is 0.519 e. The van der Waals surface area contributed by atoms with Gasteiger partial charge >= 0.3 is 8.56 Å². The molecule has 0 amide bonds. The van der Waals surface area contributed by atoms with Crippen molar-refractivity contribution in [2.75, 3.05) is 6.61 Å². The number of rotatable bonds is 7. The molecule has 0 N–H and O–H groups in total. The molecular weight excluding hydrogens is 264 g/mol. The predicted molar refractivity (Wildman–Crippen MR) is 79.8 cm³/mol. The summed E-state index contributed by atoms with van der Waals surface area (Å²) in [5, 5.41) is 0.651. The van der Waals surface area contributed by atoms with Crippen molar-refractivity contribution in [2.24, 2.45) is 0 Å². The molecule has 0 radical (unpaired) electrons. The van der Waals surface area contributed by atoms with Crippen LogP contribution in [0.25, 0.3) is 0 Å². The quantitative estimate of drug-likeness (QED) is 0.522. The summed E-state index contributed by atoms with van der Waals surface area (Å²) in [5.41, 5.74) is 1.14. The summed E-state index contributed by atoms with van der Waals surface area (Å²) < 4.78 is 11.9. The van der Waals surface area contributed by atoms with Gasteiger partial charge in [-0.15, -0.1) is 0 Å². The van der Waals surface area contributed by atoms with Crippen LogP contribution in [-0.2, 0) is 4.43 Å². The van der Waals surface area contributed by atoms with Gasteiger partial charge in [0.1, 0.15) is 5.75 Å². The topological polar surface area (TPSA) is 18.5 Å². The second-order valence-corrected chi connectivity index (χ2v) is 8.69. The first-order valence-corrected chi connectivity index (χ1v) is 9.73. The maximum atomic E-state index is 6.13. The molecule has 1 aromatic carbocycles. The summed E-state index contributed by atoms with van der Waals surface area (Å²) in [5.74, 6) is 0.740. The highest BCUT2D eigenvalue weighted by molar-refractivity contribution is 6.65. The first-order valence-electron chi connectivity index (χ1n) is 6.54. The Kier molecular flexibility index (Phi) is 6.19. The number of aryl methyl sites for hydroxylation is 1. The van der Waals surface area contributed by atoms with Crippen LogP contribution in [0.4, 0.5) is 0 Å². The SMILES string of the molecule is CCCCCO[Si](C)(C)Oc1cc(C)ccc1Cl. The molecule has 0 saturated heterocycles. The van der Waals surface area contributed by atoms with Gasteiger partial charge in [-0.25, -0.2) is 0 Å². The molecule has 0 aliphatic heterocycles. The maximum absolute atomic E-state index is 6.13. The van der Waals surface area contributed by atoms with Gasteiger partial charge in [-0.3, -0.25) is 0 Å². The van der Waals surface area contributed by atoms with Crippen LogP contribution in [0.5, 0.6) is 5.75 Å². The number of hydrogen-bond donors (Lipinski definition) is 0. The van der Waals surface area contributed by atoms with Gasteiger partial charge in [0.25, 0.3) is 0 Å². The summed E-state index contributed by atoms with van der Waals surface area (Å²) in [4.78, 5) is 0. The van der Waals surface area contributed by atoms with Crippen LogP contribution in [0, 0.1) is 6.92 Å². The van der Waals surface area contributed by atoms with E-state index in [1.807, 2.05) is 25.1 Å². The van der Waals surface area contributed by atoms with E-state index in [0.717, 1.165) is 24.3 Å². The monoisotopic (exact) mass is 286 g/mol. The Hall–Kier alpha value is -0.513. The molecule has 2 nitrogen and oxygen atoms in total. The van der Waals surface area contributed by atoms with Gasteiger partial charge in [-0.1, -0.05) is 37.4 Å². The summed E-state index contributed by atoms with van der Waals surface area (Å²) in [6.45, 7) is 9.09. The Morgan fingerprint density at radius 3 is 2.61 bits per heavy atom. The minimum absolute atomic E-state index is 0.651. The number of hydrogen-bond acceptors (Lipinski definition) is 2. The molecule has 0 atom stereocenters. The normalized spacial score (nSPS) is 11.6. The number of halogens is 1. The van der Waals surface area contributed by atoms with Crippen molar-refractivity contribution in [3.63, 3.8) is 0 Å². The van der Waals surface area contributed by atoms with E-state index >= 15 is 0 Å². The molecule has 0 unspecified atom stereocenters. The molecule has 18 heavy (non-hydrogen) atoms. The molecular formula is C14H23ClO2Si. The van der Waals surface area contributed by atoms with E-state index in [9.17, 15) is 0 Å². The van der Waals surface area contributed by atoms with Gasteiger partial charge in [0.15, 0.2) is 0 Å². The molecule has 0 spiro atoms. The summed E-state index contributed by atoms with van der Waals surface area (Å²) >= 11 is 6.13. The zero-order valence-corrected chi connectivity index (χ0v) is 13.5. The van der Waals surface area contributed by atoms with Gasteiger partial charge in [0.05, 0.1) is 5.02 Å². The lowest BCUT2D eigenvalue weighted by molar-refractivity contribution is 0.241. The molecule has 0 bridgehead atoms. The van der Waals surface area contributed by atoms with Crippen molar-refractivity contribution in [3.8, 4) is 5.75 Å². The Balaban J connectivity index is 2.55. The molecule has 0 aliphatic carbocycles. The van der Waals surface area contributed by atoms with Gasteiger partial charge in [-0.05, 0) is 44.1 Å². The van der Waals surface area contributed by atoms with E-state index in [2.05, 4.69) is 20.0 Å². The minimum atomic E-state index is -2.13. The Morgan fingerprint density at radius 1 is 1.22 bits per heavy atom. The van der Waals surface area contributed by atoms with Crippen LogP contribution in [0.3, 0.4) is 0 Å². The molecule has 0 saturated carbocycles. The molecule has 0 aliphatic rings. The first kappa shape index (κ1) is 15.5. The zero-order valence-electron chi connectivity index (χ0n) is 11.8. The molecule has 0 heterocycles. The van der Waals surface area contributed by atoms with Gasteiger partial charge < -0.3 is 8.85 Å². The van der Waals surface area contributed by atoms with Crippen LogP contribution < -0.4 is 4.43 Å². The van der Waals surface area contributed by atoms with Crippen LogP contribution >= 0.6 is 11.6 Å². The van der Waals surface area contributed by atoms with Crippen molar-refractivity contribution in [1.29, 1.82) is 0 Å². The number of unbranched alkanes of at least 4 members (excludes halogenated alkanes) is 2. The summed E-state index contributed by atoms with van der Waals surface area (Å²) in [6.07, 6.45) is 3.50. The average molecular weight is 287 g/mol. The fourth-order valence-electron chi connectivity index (χ4n) is 1.65. The smallest absolute Gasteiger partial charge is 0.392 e. The summed E-state index contributed by atoms with van der Waals surface area (Å²) in [6, 6.07) is 5.81. The molecule has 4 heteroatoms. The van der Waals surface area contributed by atoms with E-state index in [-0.39, 0.29) is 0 Å². The third-order valence-corrected chi connectivity index (χ3v) is 4.56. The van der Waals surface area contributed by atoms with Gasteiger partial charge in [-0.2, -0.15) is 0 Å². The third-order valence-electron chi connectivity index (χ3n) is 2.64. The van der Waals surface area contributed by atoms with Crippen LogP contribution in [-0.4, -0.2) is 15.2 Å². The average Bonchev–Trinajstić information content (AvgIpc) is 2.29. The van der Waals surface area contributed by atoms with E-state index in [1.54, 1.807) is 0 Å². The van der Waals surface area contributed by atoms with Crippen molar-refractivity contribution in [1.82, 2.24) is 0 Å². The third kappa shape index (κ3) is 5.42. The predicted octanol–water partition coefficient (Wildman–Crippen LogP) is 4.94. The lowest BCUT2D eigenvalue weighted by Gasteiger charge is -2.24. The van der Waals surface area contributed by atoms with E-state index in [0.29, 0.717) is 5.02 Å². The standard InChI is InChI=1S/C14H23ClO2Si/c1-5-6-7-10-16-18(3,4)17-14-11-12(2)8-9-13(14)15/h8-9,11H,5-7,10H2,1-4H3. The molecule has 102 valence electrons. The van der Waals surface area contributed by atoms with Gasteiger partial charge in [0, 0.05) is 6.61 Å². The molecule has 1 aromatic rings. The Morgan fingerprint density at radius 2 is 1.94 bits per heavy atom. The highest BCUT2D eigenvalue weighted by Crippen LogP contribution is 2.28.